The van der Waals surface area contributed by atoms with E-state index < -0.39 is 0 Å². The molecule has 0 saturated heterocycles. The van der Waals surface area contributed by atoms with Gasteiger partial charge in [-0.3, -0.25) is 0 Å². The van der Waals surface area contributed by atoms with Gasteiger partial charge in [0.1, 0.15) is 0 Å². The van der Waals surface area contributed by atoms with Crippen LogP contribution in [0.5, 0.6) is 11.5 Å². The Labute approximate surface area is 129 Å². The van der Waals surface area contributed by atoms with Gasteiger partial charge in [-0.15, -0.1) is 11.3 Å². The SMILES string of the molecule is CCC(NCc1cccc2c1OCCCO2)c1cccs1. The summed E-state index contributed by atoms with van der Waals surface area (Å²) in [6.07, 6.45) is 2.02. The zero-order valence-electron chi connectivity index (χ0n) is 12.3. The van der Waals surface area contributed by atoms with E-state index in [0.717, 1.165) is 44.1 Å². The lowest BCUT2D eigenvalue weighted by molar-refractivity contribution is 0.295. The maximum atomic E-state index is 5.87. The number of rotatable bonds is 5. The van der Waals surface area contributed by atoms with Crippen molar-refractivity contribution in [2.24, 2.45) is 0 Å². The van der Waals surface area contributed by atoms with Gasteiger partial charge >= 0.3 is 0 Å². The zero-order valence-corrected chi connectivity index (χ0v) is 13.1. The van der Waals surface area contributed by atoms with E-state index in [2.05, 4.69) is 35.8 Å². The first-order chi connectivity index (χ1) is 10.4. The second-order valence-electron chi connectivity index (χ2n) is 5.15. The number of fused-ring (bicyclic) bond motifs is 1. The van der Waals surface area contributed by atoms with Crippen molar-refractivity contribution in [3.05, 3.63) is 46.2 Å². The van der Waals surface area contributed by atoms with E-state index >= 15 is 0 Å². The molecule has 3 nitrogen and oxygen atoms in total. The molecule has 1 aliphatic heterocycles. The van der Waals surface area contributed by atoms with Crippen molar-refractivity contribution in [1.29, 1.82) is 0 Å². The van der Waals surface area contributed by atoms with Crippen LogP contribution in [0.1, 0.15) is 36.2 Å². The number of thiophene rings is 1. The highest BCUT2D eigenvalue weighted by molar-refractivity contribution is 7.10. The molecule has 2 aromatic rings. The van der Waals surface area contributed by atoms with E-state index in [0.29, 0.717) is 6.04 Å². The van der Waals surface area contributed by atoms with Crippen LogP contribution in [0.2, 0.25) is 0 Å². The first-order valence-corrected chi connectivity index (χ1v) is 8.40. The molecule has 1 unspecified atom stereocenters. The van der Waals surface area contributed by atoms with Gasteiger partial charge in [-0.2, -0.15) is 0 Å². The fourth-order valence-electron chi connectivity index (χ4n) is 2.56. The van der Waals surface area contributed by atoms with Gasteiger partial charge in [0.05, 0.1) is 13.2 Å². The largest absolute Gasteiger partial charge is 0.490 e. The summed E-state index contributed by atoms with van der Waals surface area (Å²) in [6.45, 7) is 4.47. The van der Waals surface area contributed by atoms with Crippen LogP contribution in [-0.2, 0) is 6.54 Å². The Kier molecular flexibility index (Phi) is 4.78. The Morgan fingerprint density at radius 3 is 2.90 bits per heavy atom. The molecule has 0 radical (unpaired) electrons. The first-order valence-electron chi connectivity index (χ1n) is 7.52. The molecule has 112 valence electrons. The minimum absolute atomic E-state index is 0.396. The molecule has 1 aromatic carbocycles. The first kappa shape index (κ1) is 14.4. The molecule has 0 bridgehead atoms. The third-order valence-electron chi connectivity index (χ3n) is 3.69. The molecule has 1 atom stereocenters. The van der Waals surface area contributed by atoms with Crippen LogP contribution in [0, 0.1) is 0 Å². The van der Waals surface area contributed by atoms with Gasteiger partial charge in [0, 0.05) is 29.4 Å². The Morgan fingerprint density at radius 2 is 2.10 bits per heavy atom. The summed E-state index contributed by atoms with van der Waals surface area (Å²) in [7, 11) is 0. The lowest BCUT2D eigenvalue weighted by Crippen LogP contribution is -2.19. The number of benzene rings is 1. The van der Waals surface area contributed by atoms with Crippen molar-refractivity contribution < 1.29 is 9.47 Å². The van der Waals surface area contributed by atoms with Gasteiger partial charge < -0.3 is 14.8 Å². The Bertz CT molecular complexity index is 568. The van der Waals surface area contributed by atoms with Gasteiger partial charge in [-0.05, 0) is 23.9 Å². The van der Waals surface area contributed by atoms with E-state index in [4.69, 9.17) is 9.47 Å². The molecule has 0 saturated carbocycles. The average molecular weight is 303 g/mol. The smallest absolute Gasteiger partial charge is 0.165 e. The van der Waals surface area contributed by atoms with Crippen LogP contribution in [0.4, 0.5) is 0 Å². The summed E-state index contributed by atoms with van der Waals surface area (Å²) in [5, 5.41) is 5.76. The average Bonchev–Trinajstić information content (AvgIpc) is 2.93. The van der Waals surface area contributed by atoms with Crippen LogP contribution in [0.25, 0.3) is 0 Å². The highest BCUT2D eigenvalue weighted by atomic mass is 32.1. The molecular formula is C17H21NO2S. The topological polar surface area (TPSA) is 30.5 Å². The molecule has 0 amide bonds. The summed E-state index contributed by atoms with van der Waals surface area (Å²) in [6, 6.07) is 10.8. The van der Waals surface area contributed by atoms with Crippen LogP contribution in [-0.4, -0.2) is 13.2 Å². The summed E-state index contributed by atoms with van der Waals surface area (Å²) in [4.78, 5) is 1.39. The molecule has 3 rings (SSSR count). The quantitative estimate of drug-likeness (QED) is 0.900. The van der Waals surface area contributed by atoms with Crippen LogP contribution in [0.3, 0.4) is 0 Å². The van der Waals surface area contributed by atoms with Crippen molar-refractivity contribution in [1.82, 2.24) is 5.32 Å². The summed E-state index contributed by atoms with van der Waals surface area (Å²) in [5.74, 6) is 1.78. The van der Waals surface area contributed by atoms with Gasteiger partial charge in [-0.1, -0.05) is 25.1 Å². The molecule has 2 heterocycles. The molecule has 21 heavy (non-hydrogen) atoms. The molecule has 1 N–H and O–H groups in total. The molecule has 0 aliphatic carbocycles. The van der Waals surface area contributed by atoms with Gasteiger partial charge in [0.2, 0.25) is 0 Å². The summed E-state index contributed by atoms with van der Waals surface area (Å²) >= 11 is 1.80. The maximum absolute atomic E-state index is 5.87. The standard InChI is InChI=1S/C17H21NO2S/c1-2-14(16-8-4-11-21-16)18-12-13-6-3-7-15-17(13)20-10-5-9-19-15/h3-4,6-8,11,14,18H,2,5,9-10,12H2,1H3. The monoisotopic (exact) mass is 303 g/mol. The molecule has 0 spiro atoms. The number of hydrogen-bond donors (Lipinski definition) is 1. The summed E-state index contributed by atoms with van der Waals surface area (Å²) < 4.78 is 11.6. The van der Waals surface area contributed by atoms with E-state index in [1.54, 1.807) is 11.3 Å². The van der Waals surface area contributed by atoms with Crippen LogP contribution in [0.15, 0.2) is 35.7 Å². The van der Waals surface area contributed by atoms with E-state index in [-0.39, 0.29) is 0 Å². The van der Waals surface area contributed by atoms with E-state index in [1.807, 2.05) is 12.1 Å². The zero-order chi connectivity index (χ0) is 14.5. The Morgan fingerprint density at radius 1 is 1.19 bits per heavy atom. The molecular weight excluding hydrogens is 282 g/mol. The van der Waals surface area contributed by atoms with Crippen LogP contribution >= 0.6 is 11.3 Å². The highest BCUT2D eigenvalue weighted by Crippen LogP contribution is 2.33. The third kappa shape index (κ3) is 3.39. The predicted molar refractivity (Wildman–Crippen MR) is 86.2 cm³/mol. The third-order valence-corrected chi connectivity index (χ3v) is 4.67. The van der Waals surface area contributed by atoms with Crippen LogP contribution < -0.4 is 14.8 Å². The molecule has 1 aliphatic rings. The minimum Gasteiger partial charge on any atom is -0.490 e. The van der Waals surface area contributed by atoms with Crippen molar-refractivity contribution >= 4 is 11.3 Å². The second kappa shape index (κ2) is 6.96. The summed E-state index contributed by atoms with van der Waals surface area (Å²) in [5.41, 5.74) is 1.17. The lowest BCUT2D eigenvalue weighted by Gasteiger charge is -2.18. The number of nitrogens with one attached hydrogen (secondary N) is 1. The maximum Gasteiger partial charge on any atom is 0.165 e. The van der Waals surface area contributed by atoms with Gasteiger partial charge in [0.25, 0.3) is 0 Å². The Hall–Kier alpha value is -1.52. The number of hydrogen-bond acceptors (Lipinski definition) is 4. The van der Waals surface area contributed by atoms with Gasteiger partial charge in [0.15, 0.2) is 11.5 Å². The Balaban J connectivity index is 1.73. The fraction of sp³-hybridized carbons (Fsp3) is 0.412. The number of para-hydroxylation sites is 1. The number of ether oxygens (including phenoxy) is 2. The van der Waals surface area contributed by atoms with Crippen molar-refractivity contribution in [2.75, 3.05) is 13.2 Å². The normalized spacial score (nSPS) is 15.5. The molecule has 0 fully saturated rings. The molecule has 4 heteroatoms. The van der Waals surface area contributed by atoms with E-state index in [1.165, 1.54) is 10.4 Å². The minimum atomic E-state index is 0.396. The molecule has 1 aromatic heterocycles. The lowest BCUT2D eigenvalue weighted by atomic mass is 10.1. The van der Waals surface area contributed by atoms with Gasteiger partial charge in [-0.25, -0.2) is 0 Å². The van der Waals surface area contributed by atoms with Crippen molar-refractivity contribution in [3.8, 4) is 11.5 Å². The fourth-order valence-corrected chi connectivity index (χ4v) is 3.45. The highest BCUT2D eigenvalue weighted by Gasteiger charge is 2.16. The van der Waals surface area contributed by atoms with Crippen molar-refractivity contribution in [2.45, 2.75) is 32.4 Å². The van der Waals surface area contributed by atoms with Crippen molar-refractivity contribution in [3.63, 3.8) is 0 Å². The second-order valence-corrected chi connectivity index (χ2v) is 6.13. The predicted octanol–water partition coefficient (Wildman–Crippen LogP) is 4.15. The van der Waals surface area contributed by atoms with E-state index in [9.17, 15) is 0 Å².